The normalized spacial score (nSPS) is 10.6. The van der Waals surface area contributed by atoms with Gasteiger partial charge in [0.2, 0.25) is 11.8 Å². The molecule has 0 spiro atoms. The number of nitrogens with zero attached hydrogens (tertiary/aromatic N) is 2. The molecule has 0 unspecified atom stereocenters. The molecule has 2 amide bonds. The van der Waals surface area contributed by atoms with Gasteiger partial charge in [-0.25, -0.2) is 17.9 Å². The smallest absolute Gasteiger partial charge is 0.243 e. The van der Waals surface area contributed by atoms with Crippen molar-refractivity contribution in [2.45, 2.75) is 4.34 Å². The van der Waals surface area contributed by atoms with E-state index in [4.69, 9.17) is 12.2 Å². The molecule has 6 nitrogen and oxygen atoms in total. The highest BCUT2D eigenvalue weighted by Gasteiger charge is 2.16. The van der Waals surface area contributed by atoms with Gasteiger partial charge in [0.15, 0.2) is 25.7 Å². The van der Waals surface area contributed by atoms with Gasteiger partial charge in [0, 0.05) is 0 Å². The van der Waals surface area contributed by atoms with Crippen molar-refractivity contribution >= 4 is 52.8 Å². The first-order chi connectivity index (χ1) is 14.3. The third kappa shape index (κ3) is 5.46. The lowest BCUT2D eigenvalue weighted by atomic mass is 10.2. The van der Waals surface area contributed by atoms with Crippen molar-refractivity contribution in [3.63, 3.8) is 0 Å². The largest absolute Gasteiger partial charge is 0.346 e. The van der Waals surface area contributed by atoms with Crippen LogP contribution in [0.15, 0.2) is 46.8 Å². The minimum atomic E-state index is -1.69. The quantitative estimate of drug-likeness (QED) is 0.311. The molecule has 0 aliphatic rings. The molecular weight excluding hydrogens is 457 g/mol. The van der Waals surface area contributed by atoms with Gasteiger partial charge < -0.3 is 10.6 Å². The van der Waals surface area contributed by atoms with Crippen LogP contribution in [0.25, 0.3) is 5.69 Å². The Morgan fingerprint density at radius 1 is 1.07 bits per heavy atom. The predicted molar refractivity (Wildman–Crippen MR) is 111 cm³/mol. The lowest BCUT2D eigenvalue weighted by Gasteiger charge is -2.08. The zero-order valence-corrected chi connectivity index (χ0v) is 17.5. The van der Waals surface area contributed by atoms with Crippen molar-refractivity contribution in [3.8, 4) is 5.69 Å². The molecule has 30 heavy (non-hydrogen) atoms. The molecule has 0 radical (unpaired) electrons. The molecular formula is C18H13F3N4O2S3. The van der Waals surface area contributed by atoms with Crippen LogP contribution in [0.1, 0.15) is 0 Å². The monoisotopic (exact) mass is 470 g/mol. The van der Waals surface area contributed by atoms with Crippen molar-refractivity contribution in [1.82, 2.24) is 15.1 Å². The summed E-state index contributed by atoms with van der Waals surface area (Å²) in [5.41, 5.74) is 0.282. The number of rotatable bonds is 7. The Bertz CT molecular complexity index is 1140. The highest BCUT2D eigenvalue weighted by atomic mass is 32.2. The van der Waals surface area contributed by atoms with Gasteiger partial charge in [-0.05, 0) is 36.5 Å². The van der Waals surface area contributed by atoms with Gasteiger partial charge in [0.25, 0.3) is 0 Å². The average molecular weight is 471 g/mol. The standard InChI is InChI=1S/C18H13F3N4O2S3/c19-11-6-7-12(16(21)15(11)20)23-13(26)8-22-14(27)9-29-17-24-25(18(28)30-17)10-4-2-1-3-5-10/h1-7H,8-9H2,(H,22,27)(H,23,26). The predicted octanol–water partition coefficient (Wildman–Crippen LogP) is 3.93. The van der Waals surface area contributed by atoms with Gasteiger partial charge in [-0.15, -0.1) is 5.10 Å². The van der Waals surface area contributed by atoms with Gasteiger partial charge in [-0.2, -0.15) is 0 Å². The van der Waals surface area contributed by atoms with E-state index in [1.807, 2.05) is 30.3 Å². The van der Waals surface area contributed by atoms with Gasteiger partial charge >= 0.3 is 0 Å². The first kappa shape index (κ1) is 22.0. The number of thioether (sulfide) groups is 1. The second kappa shape index (κ2) is 9.87. The maximum Gasteiger partial charge on any atom is 0.243 e. The minimum absolute atomic E-state index is 0.0239. The fourth-order valence-corrected chi connectivity index (χ4v) is 4.42. The van der Waals surface area contributed by atoms with Crippen LogP contribution in [0.5, 0.6) is 0 Å². The molecule has 3 rings (SSSR count). The second-order valence-electron chi connectivity index (χ2n) is 5.72. The number of benzene rings is 2. The lowest BCUT2D eigenvalue weighted by Crippen LogP contribution is -2.34. The molecule has 0 aliphatic heterocycles. The van der Waals surface area contributed by atoms with Crippen molar-refractivity contribution < 1.29 is 22.8 Å². The number of hydrogen-bond acceptors (Lipinski definition) is 6. The van der Waals surface area contributed by atoms with Crippen molar-refractivity contribution in [1.29, 1.82) is 0 Å². The molecule has 1 aromatic heterocycles. The summed E-state index contributed by atoms with van der Waals surface area (Å²) < 4.78 is 42.3. The third-order valence-corrected chi connectivity index (χ3v) is 5.98. The number of carbonyl (C=O) groups is 2. The van der Waals surface area contributed by atoms with Crippen molar-refractivity contribution in [2.75, 3.05) is 17.6 Å². The Morgan fingerprint density at radius 2 is 1.80 bits per heavy atom. The summed E-state index contributed by atoms with van der Waals surface area (Å²) in [4.78, 5) is 23.8. The first-order valence-corrected chi connectivity index (χ1v) is 10.5. The van der Waals surface area contributed by atoms with Gasteiger partial charge in [-0.3, -0.25) is 9.59 Å². The molecule has 0 bridgehead atoms. The van der Waals surface area contributed by atoms with Crippen LogP contribution in [0, 0.1) is 21.4 Å². The van der Waals surface area contributed by atoms with Gasteiger partial charge in [-0.1, -0.05) is 41.3 Å². The van der Waals surface area contributed by atoms with E-state index < -0.39 is 41.5 Å². The van der Waals surface area contributed by atoms with Crippen LogP contribution in [0.3, 0.4) is 0 Å². The zero-order valence-electron chi connectivity index (χ0n) is 15.0. The molecule has 156 valence electrons. The molecule has 3 aromatic rings. The van der Waals surface area contributed by atoms with E-state index in [1.54, 1.807) is 4.68 Å². The van der Waals surface area contributed by atoms with Crippen LogP contribution in [-0.4, -0.2) is 33.9 Å². The Kier molecular flexibility index (Phi) is 7.24. The molecule has 0 saturated heterocycles. The van der Waals surface area contributed by atoms with E-state index in [0.717, 1.165) is 23.5 Å². The fraction of sp³-hybridized carbons (Fsp3) is 0.111. The summed E-state index contributed by atoms with van der Waals surface area (Å²) in [6.07, 6.45) is 0. The van der Waals surface area contributed by atoms with Crippen LogP contribution < -0.4 is 10.6 Å². The number of carbonyl (C=O) groups excluding carboxylic acids is 2. The molecule has 12 heteroatoms. The Morgan fingerprint density at radius 3 is 2.53 bits per heavy atom. The summed E-state index contributed by atoms with van der Waals surface area (Å²) in [6.45, 7) is -0.466. The highest BCUT2D eigenvalue weighted by Crippen LogP contribution is 2.24. The summed E-state index contributed by atoms with van der Waals surface area (Å²) in [7, 11) is 0. The Labute approximate surface area is 182 Å². The maximum absolute atomic E-state index is 13.6. The maximum atomic E-state index is 13.6. The number of hydrogen-bond donors (Lipinski definition) is 2. The first-order valence-electron chi connectivity index (χ1n) is 8.33. The molecule has 0 aliphatic carbocycles. The molecule has 2 aromatic carbocycles. The topological polar surface area (TPSA) is 76.0 Å². The number of anilines is 1. The Hall–Kier alpha value is -2.70. The molecule has 0 saturated carbocycles. The van der Waals surface area contributed by atoms with Crippen LogP contribution in [0.2, 0.25) is 0 Å². The number of amides is 2. The molecule has 1 heterocycles. The minimum Gasteiger partial charge on any atom is -0.346 e. The molecule has 0 atom stereocenters. The van der Waals surface area contributed by atoms with E-state index >= 15 is 0 Å². The summed E-state index contributed by atoms with van der Waals surface area (Å²) in [6, 6.07) is 10.9. The van der Waals surface area contributed by atoms with Crippen LogP contribution in [-0.2, 0) is 9.59 Å². The Balaban J connectivity index is 1.49. The van der Waals surface area contributed by atoms with Gasteiger partial charge in [0.1, 0.15) is 0 Å². The van der Waals surface area contributed by atoms with E-state index in [9.17, 15) is 22.8 Å². The SMILES string of the molecule is O=C(CSc1nn(-c2ccccc2)c(=S)s1)NCC(=O)Nc1ccc(F)c(F)c1F. The number of aromatic nitrogens is 2. The number of nitrogens with one attached hydrogen (secondary N) is 2. The highest BCUT2D eigenvalue weighted by molar-refractivity contribution is 8.01. The van der Waals surface area contributed by atoms with Crippen molar-refractivity contribution in [2.24, 2.45) is 0 Å². The summed E-state index contributed by atoms with van der Waals surface area (Å²) in [5, 5.41) is 8.78. The van der Waals surface area contributed by atoms with Crippen molar-refractivity contribution in [3.05, 3.63) is 63.9 Å². The van der Waals surface area contributed by atoms with Gasteiger partial charge in [0.05, 0.1) is 23.7 Å². The molecule has 0 fully saturated rings. The molecule has 2 N–H and O–H groups in total. The average Bonchev–Trinajstić information content (AvgIpc) is 3.12. The van der Waals surface area contributed by atoms with Crippen LogP contribution in [0.4, 0.5) is 18.9 Å². The van der Waals surface area contributed by atoms with Crippen LogP contribution >= 0.6 is 35.3 Å². The summed E-state index contributed by atoms with van der Waals surface area (Å²) >= 11 is 7.67. The lowest BCUT2D eigenvalue weighted by molar-refractivity contribution is -0.122. The zero-order chi connectivity index (χ0) is 21.7. The fourth-order valence-electron chi connectivity index (χ4n) is 2.23. The van der Waals surface area contributed by atoms with E-state index in [-0.39, 0.29) is 5.75 Å². The third-order valence-electron chi connectivity index (χ3n) is 3.61. The second-order valence-corrected chi connectivity index (χ2v) is 8.56. The van der Waals surface area contributed by atoms with E-state index in [0.29, 0.717) is 14.4 Å². The van der Waals surface area contributed by atoms with E-state index in [2.05, 4.69) is 15.7 Å². The number of para-hydroxylation sites is 1. The number of halogens is 3. The van der Waals surface area contributed by atoms with E-state index in [1.165, 1.54) is 11.3 Å². The summed E-state index contributed by atoms with van der Waals surface area (Å²) in [5.74, 6) is -5.85.